The number of nitrogens with one attached hydrogen (secondary N) is 1. The molecule has 0 saturated heterocycles. The van der Waals surface area contributed by atoms with E-state index >= 15 is 0 Å². The number of carbonyl (C=O) groups excluding carboxylic acids is 2. The minimum absolute atomic E-state index is 0.263. The molecule has 1 aliphatic rings. The number of thioether (sulfide) groups is 1. The summed E-state index contributed by atoms with van der Waals surface area (Å²) in [4.78, 5) is 25.4. The van der Waals surface area contributed by atoms with Gasteiger partial charge >= 0.3 is 5.97 Å². The van der Waals surface area contributed by atoms with Crippen LogP contribution in [-0.2, 0) is 20.1 Å². The topological polar surface area (TPSA) is 88.4 Å². The third-order valence-electron chi connectivity index (χ3n) is 4.90. The summed E-state index contributed by atoms with van der Waals surface area (Å²) in [5.74, 6) is -2.35. The zero-order valence-electron chi connectivity index (χ0n) is 17.4. The summed E-state index contributed by atoms with van der Waals surface area (Å²) in [6.07, 6.45) is 0. The maximum atomic E-state index is 12.9. The maximum absolute atomic E-state index is 12.9. The SMILES string of the molecule is CCOc1ccc([C@@H]2C(C#N)=C(SCc3ccc(Cl)cc3)NC(=O)[C@H]2C(=O)OC)cc1Cl. The predicted octanol–water partition coefficient (Wildman–Crippen LogP) is 5.06. The second kappa shape index (κ2) is 10.8. The highest BCUT2D eigenvalue weighted by atomic mass is 35.5. The van der Waals surface area contributed by atoms with Gasteiger partial charge in [0.15, 0.2) is 0 Å². The predicted molar refractivity (Wildman–Crippen MR) is 124 cm³/mol. The van der Waals surface area contributed by atoms with E-state index in [2.05, 4.69) is 11.4 Å². The van der Waals surface area contributed by atoms with E-state index in [1.54, 1.807) is 30.3 Å². The molecule has 0 aromatic heterocycles. The Morgan fingerprint density at radius 1 is 1.22 bits per heavy atom. The first-order chi connectivity index (χ1) is 15.4. The van der Waals surface area contributed by atoms with Crippen LogP contribution in [0.3, 0.4) is 0 Å². The fourth-order valence-corrected chi connectivity index (χ4v) is 4.77. The van der Waals surface area contributed by atoms with Crippen LogP contribution in [0.5, 0.6) is 5.75 Å². The van der Waals surface area contributed by atoms with Gasteiger partial charge in [0.2, 0.25) is 5.91 Å². The Balaban J connectivity index is 2.03. The Morgan fingerprint density at radius 3 is 2.53 bits per heavy atom. The van der Waals surface area contributed by atoms with E-state index in [1.165, 1.54) is 18.9 Å². The van der Waals surface area contributed by atoms with E-state index in [4.69, 9.17) is 32.7 Å². The molecule has 0 saturated carbocycles. The van der Waals surface area contributed by atoms with Crippen molar-refractivity contribution in [2.75, 3.05) is 13.7 Å². The zero-order valence-corrected chi connectivity index (χ0v) is 19.7. The van der Waals surface area contributed by atoms with Crippen molar-refractivity contribution >= 4 is 46.8 Å². The van der Waals surface area contributed by atoms with E-state index in [-0.39, 0.29) is 5.57 Å². The number of methoxy groups -OCH3 is 1. The molecule has 1 N–H and O–H groups in total. The summed E-state index contributed by atoms with van der Waals surface area (Å²) in [5.41, 5.74) is 1.78. The monoisotopic (exact) mass is 490 g/mol. The van der Waals surface area contributed by atoms with Crippen LogP contribution >= 0.6 is 35.0 Å². The minimum Gasteiger partial charge on any atom is -0.492 e. The molecule has 0 spiro atoms. The number of benzene rings is 2. The first kappa shape index (κ1) is 24.0. The second-order valence-corrected chi connectivity index (χ2v) is 8.69. The molecule has 6 nitrogen and oxygen atoms in total. The Labute approximate surface area is 200 Å². The number of halogens is 2. The highest BCUT2D eigenvalue weighted by molar-refractivity contribution is 8.02. The molecule has 32 heavy (non-hydrogen) atoms. The lowest BCUT2D eigenvalue weighted by atomic mass is 9.78. The molecule has 0 unspecified atom stereocenters. The summed E-state index contributed by atoms with van der Waals surface area (Å²) < 4.78 is 10.3. The number of nitriles is 1. The zero-order chi connectivity index (χ0) is 23.3. The van der Waals surface area contributed by atoms with Crippen molar-refractivity contribution in [3.63, 3.8) is 0 Å². The molecule has 2 aromatic carbocycles. The molecule has 0 fully saturated rings. The van der Waals surface area contributed by atoms with Crippen LogP contribution in [0.25, 0.3) is 0 Å². The fourth-order valence-electron chi connectivity index (χ4n) is 3.40. The van der Waals surface area contributed by atoms with Crippen LogP contribution in [0.15, 0.2) is 53.1 Å². The van der Waals surface area contributed by atoms with Gasteiger partial charge < -0.3 is 14.8 Å². The highest BCUT2D eigenvalue weighted by Crippen LogP contribution is 2.42. The fraction of sp³-hybridized carbons (Fsp3) is 0.261. The molecule has 1 aliphatic heterocycles. The quantitative estimate of drug-likeness (QED) is 0.430. The number of allylic oxidation sites excluding steroid dienone is 1. The summed E-state index contributed by atoms with van der Waals surface area (Å²) in [6.45, 7) is 2.27. The van der Waals surface area contributed by atoms with E-state index in [9.17, 15) is 14.9 Å². The standard InChI is InChI=1S/C23H20Cl2N2O4S/c1-3-31-18-9-6-14(10-17(18)25)19-16(11-26)22(27-21(28)20(19)23(29)30-2)32-12-13-4-7-15(24)8-5-13/h4-10,19-20H,3,12H2,1-2H3,(H,27,28)/t19-,20+/m1/s1. The van der Waals surface area contributed by atoms with E-state index in [0.717, 1.165) is 5.56 Å². The Morgan fingerprint density at radius 2 is 1.94 bits per heavy atom. The number of hydrogen-bond donors (Lipinski definition) is 1. The summed E-state index contributed by atoms with van der Waals surface area (Å²) in [7, 11) is 1.21. The Hall–Kier alpha value is -2.66. The average Bonchev–Trinajstić information content (AvgIpc) is 2.79. The van der Waals surface area contributed by atoms with Gasteiger partial charge in [-0.2, -0.15) is 5.26 Å². The summed E-state index contributed by atoms with van der Waals surface area (Å²) in [6, 6.07) is 14.4. The third-order valence-corrected chi connectivity index (χ3v) is 6.53. The summed E-state index contributed by atoms with van der Waals surface area (Å²) in [5, 5.41) is 14.0. The largest absolute Gasteiger partial charge is 0.492 e. The van der Waals surface area contributed by atoms with Gasteiger partial charge in [-0.1, -0.05) is 41.4 Å². The van der Waals surface area contributed by atoms with Crippen LogP contribution < -0.4 is 10.1 Å². The number of ether oxygens (including phenoxy) is 2. The lowest BCUT2D eigenvalue weighted by Crippen LogP contribution is -2.44. The molecule has 166 valence electrons. The molecule has 0 radical (unpaired) electrons. The van der Waals surface area contributed by atoms with E-state index in [1.807, 2.05) is 19.1 Å². The van der Waals surface area contributed by atoms with Crippen LogP contribution in [0.1, 0.15) is 24.0 Å². The van der Waals surface area contributed by atoms with Crippen molar-refractivity contribution in [2.24, 2.45) is 5.92 Å². The van der Waals surface area contributed by atoms with Gasteiger partial charge in [0, 0.05) is 16.7 Å². The van der Waals surface area contributed by atoms with Crippen molar-refractivity contribution in [3.8, 4) is 11.8 Å². The van der Waals surface area contributed by atoms with Crippen molar-refractivity contribution < 1.29 is 19.1 Å². The van der Waals surface area contributed by atoms with Crippen LogP contribution in [0, 0.1) is 17.2 Å². The molecule has 9 heteroatoms. The van der Waals surface area contributed by atoms with Gasteiger partial charge in [-0.15, -0.1) is 11.8 Å². The number of hydrogen-bond acceptors (Lipinski definition) is 6. The molecule has 1 amide bonds. The third kappa shape index (κ3) is 5.21. The Bertz CT molecular complexity index is 1100. The second-order valence-electron chi connectivity index (χ2n) is 6.86. The van der Waals surface area contributed by atoms with Crippen molar-refractivity contribution in [1.29, 1.82) is 5.26 Å². The minimum atomic E-state index is -1.22. The number of esters is 1. The average molecular weight is 491 g/mol. The molecule has 2 aromatic rings. The lowest BCUT2D eigenvalue weighted by molar-refractivity contribution is -0.150. The van der Waals surface area contributed by atoms with Gasteiger partial charge in [0.1, 0.15) is 11.7 Å². The number of carbonyl (C=O) groups is 2. The van der Waals surface area contributed by atoms with E-state index < -0.39 is 23.7 Å². The molecule has 1 heterocycles. The highest BCUT2D eigenvalue weighted by Gasteiger charge is 2.44. The van der Waals surface area contributed by atoms with E-state index in [0.29, 0.717) is 38.7 Å². The number of amides is 1. The van der Waals surface area contributed by atoms with Crippen LogP contribution in [-0.4, -0.2) is 25.6 Å². The number of rotatable bonds is 7. The molecule has 0 bridgehead atoms. The Kier molecular flexibility index (Phi) is 8.08. The van der Waals surface area contributed by atoms with Gasteiger partial charge in [0.05, 0.1) is 35.4 Å². The van der Waals surface area contributed by atoms with Gasteiger partial charge in [-0.25, -0.2) is 0 Å². The van der Waals surface area contributed by atoms with Gasteiger partial charge in [-0.3, -0.25) is 9.59 Å². The van der Waals surface area contributed by atoms with Crippen LogP contribution in [0.2, 0.25) is 10.0 Å². The first-order valence-electron chi connectivity index (χ1n) is 9.72. The molecule has 0 aliphatic carbocycles. The smallest absolute Gasteiger partial charge is 0.319 e. The molecular formula is C23H20Cl2N2O4S. The van der Waals surface area contributed by atoms with Gasteiger partial charge in [0.25, 0.3) is 0 Å². The molecular weight excluding hydrogens is 471 g/mol. The normalized spacial score (nSPS) is 18.0. The van der Waals surface area contributed by atoms with Crippen molar-refractivity contribution in [3.05, 3.63) is 74.2 Å². The van der Waals surface area contributed by atoms with Crippen molar-refractivity contribution in [2.45, 2.75) is 18.6 Å². The molecule has 3 rings (SSSR count). The summed E-state index contributed by atoms with van der Waals surface area (Å²) >= 11 is 13.6. The van der Waals surface area contributed by atoms with Crippen molar-refractivity contribution in [1.82, 2.24) is 5.32 Å². The molecule has 2 atom stereocenters. The number of nitrogens with zero attached hydrogens (tertiary/aromatic N) is 1. The van der Waals surface area contributed by atoms with Crippen LogP contribution in [0.4, 0.5) is 0 Å². The first-order valence-corrected chi connectivity index (χ1v) is 11.5. The lowest BCUT2D eigenvalue weighted by Gasteiger charge is -2.31. The maximum Gasteiger partial charge on any atom is 0.319 e. The van der Waals surface area contributed by atoms with Gasteiger partial charge in [-0.05, 0) is 42.3 Å².